The summed E-state index contributed by atoms with van der Waals surface area (Å²) in [7, 11) is 2.74. The minimum Gasteiger partial charge on any atom is -0.453 e. The molecule has 5 aromatic rings. The monoisotopic (exact) mass is 1000 g/mol. The molecule has 3 aromatic carbocycles. The molecule has 1 aliphatic carbocycles. The van der Waals surface area contributed by atoms with Gasteiger partial charge in [0, 0.05) is 44.1 Å². The number of rotatable bonds is 17. The highest BCUT2D eigenvalue weighted by Gasteiger charge is 2.45. The number of Topliss-reactive ketones (excluding diaryl/α,β-unsaturated/α-hetero) is 1. The van der Waals surface area contributed by atoms with Crippen LogP contribution in [0.2, 0.25) is 0 Å². The van der Waals surface area contributed by atoms with Gasteiger partial charge in [-0.1, -0.05) is 39.8 Å². The minimum absolute atomic E-state index is 0.00501. The lowest BCUT2D eigenvalue weighted by Crippen LogP contribution is -2.50. The number of anilines is 2. The number of aromatic nitrogens is 4. The van der Waals surface area contributed by atoms with Crippen molar-refractivity contribution in [1.82, 2.24) is 35.5 Å². The van der Waals surface area contributed by atoms with Crippen LogP contribution in [0.3, 0.4) is 0 Å². The number of amides is 2. The van der Waals surface area contributed by atoms with E-state index in [-0.39, 0.29) is 80.6 Å². The van der Waals surface area contributed by atoms with Crippen molar-refractivity contribution in [3.63, 3.8) is 0 Å². The summed E-state index contributed by atoms with van der Waals surface area (Å²) in [5.74, 6) is -2.53. The number of alkyl carbamates (subject to hydrolysis) is 1. The highest BCUT2D eigenvalue weighted by molar-refractivity contribution is 5.91. The Morgan fingerprint density at radius 2 is 1.38 bits per heavy atom. The molecule has 3 saturated heterocycles. The summed E-state index contributed by atoms with van der Waals surface area (Å²) in [5.41, 5.74) is 4.68. The highest BCUT2D eigenvalue weighted by atomic mass is 19.1. The smallest absolute Gasteiger partial charge is 0.407 e. The molecule has 9 rings (SSSR count). The van der Waals surface area contributed by atoms with Crippen LogP contribution in [-0.4, -0.2) is 114 Å². The summed E-state index contributed by atoms with van der Waals surface area (Å²) in [6.45, 7) is 8.67. The van der Waals surface area contributed by atoms with E-state index >= 15 is 17.6 Å². The number of fused-ring (bicyclic) bond motifs is 2. The molecule has 4 aliphatic rings. The molecule has 388 valence electrons. The zero-order valence-electron chi connectivity index (χ0n) is 41.9. The fourth-order valence-electron chi connectivity index (χ4n) is 11.7. The van der Waals surface area contributed by atoms with Crippen LogP contribution >= 0.6 is 0 Å². The van der Waals surface area contributed by atoms with Crippen LogP contribution in [0.4, 0.5) is 33.7 Å². The van der Waals surface area contributed by atoms with Crippen molar-refractivity contribution in [3.05, 3.63) is 82.9 Å². The number of aromatic amines is 2. The van der Waals surface area contributed by atoms with E-state index < -0.39 is 60.0 Å². The number of methoxy groups -OCH3 is 2. The SMILES string of the molecule is COCOCN[C@H](C(=O)N1C[C@H](F)CC1c1nc2ccc([C@H]3CC[C@H](c4ccc5nc(C6C[C@@H](F)CC6C(=O)[C@@H](NC(=O)OC)C(C)C)[nH]c5c4)N3c3cc(F)c(N4CCCCC4)c(F)c3)cc2[nH]1)C(C)C. The molecule has 0 radical (unpaired) electrons. The van der Waals surface area contributed by atoms with Crippen LogP contribution in [0.25, 0.3) is 22.1 Å². The average Bonchev–Trinajstić information content (AvgIpc) is 4.21. The van der Waals surface area contributed by atoms with E-state index in [2.05, 4.69) is 25.5 Å². The van der Waals surface area contributed by atoms with Crippen molar-refractivity contribution < 1.29 is 46.2 Å². The number of hydrogen-bond donors (Lipinski definition) is 4. The summed E-state index contributed by atoms with van der Waals surface area (Å²) in [5, 5.41) is 5.78. The number of imidazole rings is 2. The average molecular weight is 1000 g/mol. The molecular weight excluding hydrogens is 935 g/mol. The molecule has 1 saturated carbocycles. The molecule has 3 unspecified atom stereocenters. The Kier molecular flexibility index (Phi) is 15.4. The van der Waals surface area contributed by atoms with Gasteiger partial charge in [-0.25, -0.2) is 32.3 Å². The number of H-pyrrole nitrogens is 2. The second kappa shape index (κ2) is 21.7. The number of likely N-dealkylation sites (tertiary alicyclic amines) is 1. The van der Waals surface area contributed by atoms with Gasteiger partial charge in [-0.2, -0.15) is 0 Å². The molecule has 2 aromatic heterocycles. The summed E-state index contributed by atoms with van der Waals surface area (Å²) < 4.78 is 78.6. The Balaban J connectivity index is 1.03. The molecule has 2 amide bonds. The molecule has 4 fully saturated rings. The fraction of sp³-hybridized carbons (Fsp3) is 0.566. The second-order valence-electron chi connectivity index (χ2n) is 20.7. The van der Waals surface area contributed by atoms with Gasteiger partial charge < -0.3 is 44.2 Å². The van der Waals surface area contributed by atoms with Crippen LogP contribution in [0.5, 0.6) is 0 Å². The van der Waals surface area contributed by atoms with Crippen LogP contribution in [0, 0.1) is 29.4 Å². The predicted octanol–water partition coefficient (Wildman–Crippen LogP) is 9.38. The first-order chi connectivity index (χ1) is 34.6. The standard InChI is InChI=1S/C53H67F4N9O6/c1-28(2)46(63-53(69)71-6)49(67)35-20-32(54)21-36(35)50-59-39-12-10-30(18-41(39)61-50)43-14-15-44(66(43)34-23-37(56)48(38(57)24-34)64-16-8-7-9-17-64)31-11-13-40-42(19-31)62-51(60-40)45-22-33(55)25-65(45)52(68)47(29(3)4)58-26-72-27-70-5/h10-13,18-19,23-24,28-29,32-33,35-36,43-47,58H,7-9,14-17,20-22,25-27H2,1-6H3,(H,59,61)(H,60,62)(H,63,69)/t32-,33+,35?,36?,43+,44+,45?,46-,47-/m0/s1. The first-order valence-corrected chi connectivity index (χ1v) is 25.4. The van der Waals surface area contributed by atoms with Crippen molar-refractivity contribution in [2.45, 2.75) is 128 Å². The summed E-state index contributed by atoms with van der Waals surface area (Å²) in [6, 6.07) is 11.6. The zero-order valence-corrected chi connectivity index (χ0v) is 41.9. The number of nitrogens with zero attached hydrogens (tertiary/aromatic N) is 5. The van der Waals surface area contributed by atoms with E-state index in [0.29, 0.717) is 65.3 Å². The largest absolute Gasteiger partial charge is 0.453 e. The number of carbonyl (C=O) groups excluding carboxylic acids is 3. The highest BCUT2D eigenvalue weighted by Crippen LogP contribution is 2.49. The summed E-state index contributed by atoms with van der Waals surface area (Å²) in [4.78, 5) is 62.2. The van der Waals surface area contributed by atoms with Gasteiger partial charge in [-0.15, -0.1) is 0 Å². The zero-order chi connectivity index (χ0) is 51.0. The van der Waals surface area contributed by atoms with E-state index in [1.807, 2.05) is 64.1 Å². The van der Waals surface area contributed by atoms with Gasteiger partial charge in [0.15, 0.2) is 17.4 Å². The third-order valence-electron chi connectivity index (χ3n) is 15.2. The first kappa shape index (κ1) is 51.1. The normalized spacial score (nSPS) is 24.6. The van der Waals surface area contributed by atoms with Crippen LogP contribution in [0.1, 0.15) is 126 Å². The van der Waals surface area contributed by atoms with E-state index in [1.165, 1.54) is 26.4 Å². The maximum Gasteiger partial charge on any atom is 0.407 e. The van der Waals surface area contributed by atoms with Gasteiger partial charge in [0.05, 0.1) is 65.9 Å². The molecule has 3 aliphatic heterocycles. The number of halogens is 4. The van der Waals surface area contributed by atoms with Gasteiger partial charge in [0.25, 0.3) is 0 Å². The lowest BCUT2D eigenvalue weighted by molar-refractivity contribution is -0.137. The summed E-state index contributed by atoms with van der Waals surface area (Å²) in [6.07, 6.45) is 0.911. The van der Waals surface area contributed by atoms with Gasteiger partial charge in [0.2, 0.25) is 5.91 Å². The van der Waals surface area contributed by atoms with Crippen molar-refractivity contribution in [3.8, 4) is 0 Å². The Morgan fingerprint density at radius 1 is 0.764 bits per heavy atom. The Bertz CT molecular complexity index is 2720. The van der Waals surface area contributed by atoms with Crippen LogP contribution in [-0.2, 0) is 23.8 Å². The van der Waals surface area contributed by atoms with Crippen molar-refractivity contribution in [2.24, 2.45) is 17.8 Å². The summed E-state index contributed by atoms with van der Waals surface area (Å²) >= 11 is 0. The molecule has 4 N–H and O–H groups in total. The van der Waals surface area contributed by atoms with Gasteiger partial charge >= 0.3 is 6.09 Å². The van der Waals surface area contributed by atoms with Crippen molar-refractivity contribution in [2.75, 3.05) is 57.2 Å². The third-order valence-corrected chi connectivity index (χ3v) is 15.2. The molecule has 15 nitrogen and oxygen atoms in total. The number of ketones is 1. The van der Waals surface area contributed by atoms with Crippen LogP contribution < -0.4 is 20.4 Å². The Morgan fingerprint density at radius 3 is 1.97 bits per heavy atom. The fourth-order valence-corrected chi connectivity index (χ4v) is 11.7. The topological polar surface area (TPSA) is 170 Å². The maximum atomic E-state index is 16.4. The lowest BCUT2D eigenvalue weighted by Gasteiger charge is -2.35. The van der Waals surface area contributed by atoms with Gasteiger partial charge in [-0.3, -0.25) is 14.9 Å². The third kappa shape index (κ3) is 10.4. The molecule has 72 heavy (non-hydrogen) atoms. The number of hydrogen-bond acceptors (Lipinski definition) is 11. The second-order valence-corrected chi connectivity index (χ2v) is 20.7. The molecular formula is C53H67F4N9O6. The maximum absolute atomic E-state index is 16.4. The number of nitrogens with one attached hydrogen (secondary N) is 4. The van der Waals surface area contributed by atoms with E-state index in [1.54, 1.807) is 9.80 Å². The predicted molar refractivity (Wildman–Crippen MR) is 265 cm³/mol. The number of ether oxygens (including phenoxy) is 3. The molecule has 0 bridgehead atoms. The van der Waals surface area contributed by atoms with E-state index in [4.69, 9.17) is 24.2 Å². The van der Waals surface area contributed by atoms with Gasteiger partial charge in [-0.05, 0) is 104 Å². The minimum atomic E-state index is -1.25. The van der Waals surface area contributed by atoms with Crippen molar-refractivity contribution in [1.29, 1.82) is 0 Å². The molecule has 19 heteroatoms. The first-order valence-electron chi connectivity index (χ1n) is 25.4. The van der Waals surface area contributed by atoms with E-state index in [9.17, 15) is 14.4 Å². The van der Waals surface area contributed by atoms with Crippen molar-refractivity contribution >= 4 is 51.2 Å². The number of alkyl halides is 2. The number of carbonyl (C=O) groups is 3. The van der Waals surface area contributed by atoms with E-state index in [0.717, 1.165) is 30.4 Å². The molecule has 0 spiro atoms. The number of piperidine rings is 1. The Hall–Kier alpha value is -5.79. The lowest BCUT2D eigenvalue weighted by atomic mass is 9.84. The molecule has 5 heterocycles. The van der Waals surface area contributed by atoms with Crippen LogP contribution in [0.15, 0.2) is 48.5 Å². The quantitative estimate of drug-likeness (QED) is 0.0398. The Labute approximate surface area is 417 Å². The van der Waals surface area contributed by atoms with Gasteiger partial charge in [0.1, 0.15) is 43.2 Å². The number of benzene rings is 3. The molecule has 9 atom stereocenters.